The third-order valence-corrected chi connectivity index (χ3v) is 9.11. The van der Waals surface area contributed by atoms with Gasteiger partial charge in [-0.05, 0) is 36.6 Å². The molecule has 13 heteroatoms. The first-order valence-electron chi connectivity index (χ1n) is 11.3. The van der Waals surface area contributed by atoms with E-state index in [2.05, 4.69) is 30.4 Å². The second kappa shape index (κ2) is 9.64. The molecule has 0 spiro atoms. The van der Waals surface area contributed by atoms with Gasteiger partial charge in [0.2, 0.25) is 0 Å². The van der Waals surface area contributed by atoms with E-state index in [0.29, 0.717) is 29.1 Å². The fourth-order valence-corrected chi connectivity index (χ4v) is 7.54. The summed E-state index contributed by atoms with van der Waals surface area (Å²) in [6.07, 6.45) is 6.57. The zero-order valence-electron chi connectivity index (χ0n) is 19.2. The molecule has 5 aromatic heterocycles. The number of nitrogens with zero attached hydrogens (tertiary/aromatic N) is 7. The highest BCUT2D eigenvalue weighted by atomic mass is 35.5. The summed E-state index contributed by atoms with van der Waals surface area (Å²) in [7, 11) is 1.80. The Hall–Kier alpha value is -2.70. The Morgan fingerprint density at radius 1 is 0.972 bits per heavy atom. The van der Waals surface area contributed by atoms with Gasteiger partial charge in [0, 0.05) is 36.1 Å². The molecule has 0 saturated heterocycles. The lowest BCUT2D eigenvalue weighted by Gasteiger charge is -2.26. The topological polar surface area (TPSA) is 102 Å². The molecule has 0 radical (unpaired) electrons. The molecule has 184 valence electrons. The number of aryl methyl sites for hydroxylation is 1. The zero-order valence-corrected chi connectivity index (χ0v) is 22.3. The maximum atomic E-state index is 12.5. The van der Waals surface area contributed by atoms with Gasteiger partial charge in [-0.25, -0.2) is 19.9 Å². The Morgan fingerprint density at radius 3 is 2.31 bits per heavy atom. The summed E-state index contributed by atoms with van der Waals surface area (Å²) in [5, 5.41) is 10.6. The average molecular weight is 560 g/mol. The number of hydrogen-bond acceptors (Lipinski definition) is 9. The molecule has 2 aliphatic heterocycles. The zero-order chi connectivity index (χ0) is 24.8. The lowest BCUT2D eigenvalue weighted by atomic mass is 10.1. The summed E-state index contributed by atoms with van der Waals surface area (Å²) in [5.41, 5.74) is 3.00. The highest BCUT2D eigenvalue weighted by Gasteiger charge is 2.27. The van der Waals surface area contributed by atoms with Crippen LogP contribution in [-0.4, -0.2) is 53.6 Å². The maximum absolute atomic E-state index is 12.5. The molecule has 7 rings (SSSR count). The van der Waals surface area contributed by atoms with Gasteiger partial charge in [0.25, 0.3) is 5.91 Å². The maximum Gasteiger partial charge on any atom is 0.274 e. The van der Waals surface area contributed by atoms with Crippen LogP contribution in [0.5, 0.6) is 0 Å². The minimum atomic E-state index is -0.0408. The van der Waals surface area contributed by atoms with Crippen molar-refractivity contribution in [1.29, 1.82) is 0 Å². The molecule has 1 N–H and O–H groups in total. The van der Waals surface area contributed by atoms with Crippen LogP contribution in [0, 0.1) is 0 Å². The van der Waals surface area contributed by atoms with Gasteiger partial charge in [-0.3, -0.25) is 9.48 Å². The van der Waals surface area contributed by atoms with Crippen LogP contribution in [0.2, 0.25) is 10.3 Å². The molecule has 0 aliphatic carbocycles. The molecule has 0 saturated carbocycles. The minimum absolute atomic E-state index is 0.0408. The van der Waals surface area contributed by atoms with Crippen molar-refractivity contribution in [1.82, 2.24) is 39.9 Å². The monoisotopic (exact) mass is 558 g/mol. The predicted octanol–water partition coefficient (Wildman–Crippen LogP) is 4.27. The van der Waals surface area contributed by atoms with E-state index >= 15 is 0 Å². The molecular weight excluding hydrogens is 539 g/mol. The first-order chi connectivity index (χ1) is 17.5. The number of nitrogens with one attached hydrogen (secondary N) is 1. The predicted molar refractivity (Wildman–Crippen MR) is 142 cm³/mol. The van der Waals surface area contributed by atoms with Crippen molar-refractivity contribution in [3.05, 3.63) is 61.8 Å². The first-order valence-corrected chi connectivity index (χ1v) is 13.7. The highest BCUT2D eigenvalue weighted by Crippen LogP contribution is 2.37. The Morgan fingerprint density at radius 2 is 1.64 bits per heavy atom. The van der Waals surface area contributed by atoms with Crippen molar-refractivity contribution < 1.29 is 4.79 Å². The smallest absolute Gasteiger partial charge is 0.274 e. The van der Waals surface area contributed by atoms with Crippen molar-refractivity contribution in [2.45, 2.75) is 25.9 Å². The molecule has 1 amide bonds. The first kappa shape index (κ1) is 23.7. The van der Waals surface area contributed by atoms with Gasteiger partial charge >= 0.3 is 0 Å². The number of carbonyl (C=O) groups is 1. The van der Waals surface area contributed by atoms with Gasteiger partial charge < -0.3 is 10.2 Å². The van der Waals surface area contributed by atoms with E-state index in [1.165, 1.54) is 28.7 Å². The molecule has 2 aliphatic rings. The van der Waals surface area contributed by atoms with Crippen molar-refractivity contribution in [2.75, 3.05) is 13.1 Å². The quantitative estimate of drug-likeness (QED) is 0.306. The molecule has 7 heterocycles. The summed E-state index contributed by atoms with van der Waals surface area (Å²) in [6, 6.07) is 1.74. The van der Waals surface area contributed by atoms with Crippen LogP contribution in [0.4, 0.5) is 0 Å². The summed E-state index contributed by atoms with van der Waals surface area (Å²) < 4.78 is 1.64. The van der Waals surface area contributed by atoms with E-state index in [1.54, 1.807) is 46.7 Å². The number of thiophene rings is 2. The molecule has 36 heavy (non-hydrogen) atoms. The summed E-state index contributed by atoms with van der Waals surface area (Å²) in [5.74, 6) is -0.0408. The normalized spacial score (nSPS) is 14.9. The highest BCUT2D eigenvalue weighted by molar-refractivity contribution is 7.19. The van der Waals surface area contributed by atoms with Gasteiger partial charge in [-0.15, -0.1) is 22.7 Å². The van der Waals surface area contributed by atoms with Crippen LogP contribution in [0.15, 0.2) is 24.9 Å². The lowest BCUT2D eigenvalue weighted by Crippen LogP contribution is -2.35. The molecular formula is C23H20Cl2N8OS2. The molecule has 0 unspecified atom stereocenters. The van der Waals surface area contributed by atoms with Crippen LogP contribution in [0.1, 0.15) is 31.4 Å². The number of fused-ring (bicyclic) bond motifs is 6. The number of hydrogen-bond donors (Lipinski definition) is 1. The number of carbonyl (C=O) groups excluding carboxylic acids is 1. The van der Waals surface area contributed by atoms with E-state index in [0.717, 1.165) is 51.2 Å². The van der Waals surface area contributed by atoms with Crippen molar-refractivity contribution >= 4 is 72.2 Å². The Labute approximate surface area is 224 Å². The van der Waals surface area contributed by atoms with E-state index in [1.807, 2.05) is 4.90 Å². The number of amides is 1. The van der Waals surface area contributed by atoms with Gasteiger partial charge in [-0.1, -0.05) is 23.2 Å². The summed E-state index contributed by atoms with van der Waals surface area (Å²) >= 11 is 15.6. The van der Waals surface area contributed by atoms with Gasteiger partial charge in [0.05, 0.1) is 17.3 Å². The Kier molecular flexibility index (Phi) is 6.34. The molecule has 5 aromatic rings. The van der Waals surface area contributed by atoms with Crippen molar-refractivity contribution in [2.24, 2.45) is 7.05 Å². The Bertz CT molecular complexity index is 1610. The molecule has 0 fully saturated rings. The summed E-state index contributed by atoms with van der Waals surface area (Å²) in [4.78, 5) is 35.3. The average Bonchev–Trinajstić information content (AvgIpc) is 3.58. The van der Waals surface area contributed by atoms with Crippen molar-refractivity contribution in [3.8, 4) is 0 Å². The van der Waals surface area contributed by atoms with E-state index in [9.17, 15) is 4.79 Å². The minimum Gasteiger partial charge on any atom is -0.332 e. The Balaban J connectivity index is 0.000000147. The SMILES string of the molecule is Clc1ncnc2sc3c(c12)CCNC3.Cn1ccc(C(=O)N2CCc3c(sc4ncnc(Cl)c34)C2)n1. The largest absolute Gasteiger partial charge is 0.332 e. The second-order valence-electron chi connectivity index (χ2n) is 8.47. The third kappa shape index (κ3) is 4.24. The van der Waals surface area contributed by atoms with Crippen molar-refractivity contribution in [3.63, 3.8) is 0 Å². The fraction of sp³-hybridized carbons (Fsp3) is 0.304. The fourth-order valence-electron chi connectivity index (χ4n) is 4.57. The van der Waals surface area contributed by atoms with Crippen LogP contribution < -0.4 is 5.32 Å². The number of rotatable bonds is 1. The molecule has 9 nitrogen and oxygen atoms in total. The van der Waals surface area contributed by atoms with E-state index in [4.69, 9.17) is 23.2 Å². The third-order valence-electron chi connectivity index (χ3n) is 6.27. The van der Waals surface area contributed by atoms with Crippen LogP contribution in [0.3, 0.4) is 0 Å². The molecule has 0 aromatic carbocycles. The van der Waals surface area contributed by atoms with Crippen LogP contribution in [-0.2, 0) is 33.0 Å². The van der Waals surface area contributed by atoms with Crippen LogP contribution in [0.25, 0.3) is 20.4 Å². The number of halogens is 2. The summed E-state index contributed by atoms with van der Waals surface area (Å²) in [6.45, 7) is 3.18. The lowest BCUT2D eigenvalue weighted by molar-refractivity contribution is 0.0730. The second-order valence-corrected chi connectivity index (χ2v) is 11.4. The van der Waals surface area contributed by atoms with Crippen LogP contribution >= 0.6 is 45.9 Å². The van der Waals surface area contributed by atoms with E-state index in [-0.39, 0.29) is 5.91 Å². The molecule has 0 atom stereocenters. The van der Waals surface area contributed by atoms with Gasteiger partial charge in [0.1, 0.15) is 38.3 Å². The number of aromatic nitrogens is 6. The van der Waals surface area contributed by atoms with Gasteiger partial charge in [-0.2, -0.15) is 5.10 Å². The molecule has 0 bridgehead atoms. The van der Waals surface area contributed by atoms with Gasteiger partial charge in [0.15, 0.2) is 0 Å². The van der Waals surface area contributed by atoms with E-state index < -0.39 is 0 Å². The standard InChI is InChI=1S/C14H12ClN5OS.C9H8ClN3S/c1-19-4-3-9(18-19)14(21)20-5-2-8-10(6-20)22-13-11(8)12(15)16-7-17-13;10-8-7-5-1-2-11-3-6(5)14-9(7)13-4-12-8/h3-4,7H,2,5-6H2,1H3;4,11H,1-3H2.